The summed E-state index contributed by atoms with van der Waals surface area (Å²) in [4.78, 5) is 11.4. The molecule has 3 heterocycles. The third-order valence-corrected chi connectivity index (χ3v) is 4.50. The molecular formula is C14H16ClN7. The number of rotatable bonds is 3. The highest BCUT2D eigenvalue weighted by molar-refractivity contribution is 6.36. The van der Waals surface area contributed by atoms with E-state index in [-0.39, 0.29) is 10.8 Å². The molecule has 0 amide bonds. The molecule has 3 rings (SSSR count). The molecule has 2 fully saturated rings. The van der Waals surface area contributed by atoms with Gasteiger partial charge in [-0.15, -0.1) is 0 Å². The van der Waals surface area contributed by atoms with Crippen molar-refractivity contribution in [1.82, 2.24) is 4.98 Å². The van der Waals surface area contributed by atoms with Crippen LogP contribution in [0.1, 0.15) is 31.2 Å². The van der Waals surface area contributed by atoms with Crippen molar-refractivity contribution in [2.45, 2.75) is 25.7 Å². The van der Waals surface area contributed by atoms with Crippen LogP contribution < -0.4 is 9.80 Å². The Labute approximate surface area is 133 Å². The van der Waals surface area contributed by atoms with Gasteiger partial charge in [-0.1, -0.05) is 11.6 Å². The van der Waals surface area contributed by atoms with Crippen LogP contribution in [0.25, 0.3) is 10.4 Å². The Morgan fingerprint density at radius 1 is 1.14 bits per heavy atom. The number of hydrogen-bond donors (Lipinski definition) is 0. The van der Waals surface area contributed by atoms with E-state index in [2.05, 4.69) is 30.9 Å². The number of nitriles is 1. The summed E-state index contributed by atoms with van der Waals surface area (Å²) < 4.78 is 0. The standard InChI is InChI=1S/C14H16ClN7/c15-11-12(21-5-1-2-6-21)10(9-16)14(18-13(11)19-20-17)22-7-3-4-8-22/h1-8H2. The lowest BCUT2D eigenvalue weighted by molar-refractivity contribution is 0.917. The Kier molecular flexibility index (Phi) is 4.23. The van der Waals surface area contributed by atoms with Crippen LogP contribution in [0.5, 0.6) is 0 Å². The molecule has 7 nitrogen and oxygen atoms in total. The fraction of sp³-hybridized carbons (Fsp3) is 0.571. The van der Waals surface area contributed by atoms with E-state index in [1.54, 1.807) is 0 Å². The molecular weight excluding hydrogens is 302 g/mol. The highest BCUT2D eigenvalue weighted by Crippen LogP contribution is 2.42. The zero-order valence-electron chi connectivity index (χ0n) is 12.2. The lowest BCUT2D eigenvalue weighted by Gasteiger charge is -2.26. The van der Waals surface area contributed by atoms with Gasteiger partial charge in [0.05, 0.1) is 10.7 Å². The number of pyridine rings is 1. The van der Waals surface area contributed by atoms with Gasteiger partial charge in [0.25, 0.3) is 0 Å². The van der Waals surface area contributed by atoms with Gasteiger partial charge in [-0.25, -0.2) is 4.98 Å². The minimum Gasteiger partial charge on any atom is -0.369 e. The first-order valence-electron chi connectivity index (χ1n) is 7.45. The van der Waals surface area contributed by atoms with Gasteiger partial charge < -0.3 is 9.80 Å². The van der Waals surface area contributed by atoms with Gasteiger partial charge in [0.2, 0.25) is 0 Å². The van der Waals surface area contributed by atoms with E-state index in [1.165, 1.54) is 0 Å². The molecule has 0 radical (unpaired) electrons. The van der Waals surface area contributed by atoms with Gasteiger partial charge in [0, 0.05) is 31.1 Å². The predicted octanol–water partition coefficient (Wildman–Crippen LogP) is 3.75. The summed E-state index contributed by atoms with van der Waals surface area (Å²) in [6, 6.07) is 2.26. The van der Waals surface area contributed by atoms with E-state index in [4.69, 9.17) is 17.1 Å². The highest BCUT2D eigenvalue weighted by atomic mass is 35.5. The van der Waals surface area contributed by atoms with Crippen LogP contribution in [0.2, 0.25) is 5.02 Å². The van der Waals surface area contributed by atoms with Crippen molar-refractivity contribution in [2.75, 3.05) is 36.0 Å². The third kappa shape index (κ3) is 2.52. The van der Waals surface area contributed by atoms with Crippen LogP contribution in [-0.2, 0) is 0 Å². The molecule has 1 aromatic rings. The van der Waals surface area contributed by atoms with E-state index in [0.717, 1.165) is 51.9 Å². The summed E-state index contributed by atoms with van der Waals surface area (Å²) in [7, 11) is 0. The van der Waals surface area contributed by atoms with Crippen molar-refractivity contribution in [3.8, 4) is 6.07 Å². The maximum absolute atomic E-state index is 9.66. The third-order valence-electron chi connectivity index (χ3n) is 4.16. The van der Waals surface area contributed by atoms with Crippen LogP contribution in [0.3, 0.4) is 0 Å². The molecule has 2 saturated heterocycles. The topological polar surface area (TPSA) is 91.9 Å². The first kappa shape index (κ1) is 14.8. The molecule has 8 heteroatoms. The zero-order chi connectivity index (χ0) is 15.5. The van der Waals surface area contributed by atoms with Gasteiger partial charge in [-0.3, -0.25) is 0 Å². The molecule has 2 aliphatic heterocycles. The Morgan fingerprint density at radius 2 is 1.73 bits per heavy atom. The zero-order valence-corrected chi connectivity index (χ0v) is 12.9. The average molecular weight is 318 g/mol. The number of hydrogen-bond acceptors (Lipinski definition) is 5. The smallest absolute Gasteiger partial charge is 0.149 e. The second-order valence-electron chi connectivity index (χ2n) is 5.49. The Bertz CT molecular complexity index is 663. The van der Waals surface area contributed by atoms with Crippen LogP contribution >= 0.6 is 11.6 Å². The molecule has 0 aliphatic carbocycles. The molecule has 2 aliphatic rings. The molecule has 1 aromatic heterocycles. The van der Waals surface area contributed by atoms with Crippen molar-refractivity contribution in [3.05, 3.63) is 21.0 Å². The Balaban J connectivity index is 2.20. The number of anilines is 2. The maximum atomic E-state index is 9.66. The predicted molar refractivity (Wildman–Crippen MR) is 85.7 cm³/mol. The van der Waals surface area contributed by atoms with E-state index >= 15 is 0 Å². The highest BCUT2D eigenvalue weighted by Gasteiger charge is 2.28. The molecule has 0 N–H and O–H groups in total. The fourth-order valence-corrected chi connectivity index (χ4v) is 3.43. The molecule has 0 unspecified atom stereocenters. The number of halogens is 1. The molecule has 114 valence electrons. The monoisotopic (exact) mass is 317 g/mol. The van der Waals surface area contributed by atoms with Gasteiger partial charge in [-0.05, 0) is 36.3 Å². The molecule has 0 bridgehead atoms. The van der Waals surface area contributed by atoms with E-state index < -0.39 is 0 Å². The summed E-state index contributed by atoms with van der Waals surface area (Å²) in [5.41, 5.74) is 9.91. The molecule has 0 saturated carbocycles. The lowest BCUT2D eigenvalue weighted by atomic mass is 10.2. The lowest BCUT2D eigenvalue weighted by Crippen LogP contribution is -2.24. The number of aromatic nitrogens is 1. The maximum Gasteiger partial charge on any atom is 0.149 e. The van der Waals surface area contributed by atoms with Gasteiger partial charge in [0.15, 0.2) is 0 Å². The summed E-state index contributed by atoms with van der Waals surface area (Å²) in [5, 5.41) is 13.6. The van der Waals surface area contributed by atoms with Crippen LogP contribution in [0.15, 0.2) is 5.11 Å². The Morgan fingerprint density at radius 3 is 2.27 bits per heavy atom. The number of nitrogens with zero attached hydrogens (tertiary/aromatic N) is 7. The molecule has 0 atom stereocenters. The molecule has 22 heavy (non-hydrogen) atoms. The first-order chi connectivity index (χ1) is 10.8. The van der Waals surface area contributed by atoms with Crippen molar-refractivity contribution in [3.63, 3.8) is 0 Å². The Hall–Kier alpha value is -2.16. The van der Waals surface area contributed by atoms with Crippen molar-refractivity contribution in [2.24, 2.45) is 5.11 Å². The quantitative estimate of drug-likeness (QED) is 0.482. The first-order valence-corrected chi connectivity index (χ1v) is 7.82. The minimum absolute atomic E-state index is 0.159. The average Bonchev–Trinajstić information content (AvgIpc) is 3.22. The van der Waals surface area contributed by atoms with E-state index in [1.807, 2.05) is 0 Å². The normalized spacial score (nSPS) is 17.5. The summed E-state index contributed by atoms with van der Waals surface area (Å²) in [6.07, 6.45) is 4.29. The van der Waals surface area contributed by atoms with Crippen LogP contribution in [0.4, 0.5) is 17.3 Å². The fourth-order valence-electron chi connectivity index (χ4n) is 3.13. The van der Waals surface area contributed by atoms with Crippen LogP contribution in [-0.4, -0.2) is 31.2 Å². The minimum atomic E-state index is 0.159. The second-order valence-corrected chi connectivity index (χ2v) is 5.86. The van der Waals surface area contributed by atoms with E-state index in [0.29, 0.717) is 17.1 Å². The molecule has 0 spiro atoms. The SMILES string of the molecule is N#Cc1c(N2CCCC2)nc(N=[N+]=[N-])c(Cl)c1N1CCCC1. The summed E-state index contributed by atoms with van der Waals surface area (Å²) in [5.74, 6) is 0.751. The van der Waals surface area contributed by atoms with Crippen LogP contribution in [0, 0.1) is 11.3 Å². The number of azide groups is 1. The van der Waals surface area contributed by atoms with Crippen molar-refractivity contribution < 1.29 is 0 Å². The summed E-state index contributed by atoms with van der Waals surface area (Å²) in [6.45, 7) is 3.43. The van der Waals surface area contributed by atoms with Gasteiger partial charge in [-0.2, -0.15) is 5.26 Å². The largest absolute Gasteiger partial charge is 0.369 e. The molecule has 0 aromatic carbocycles. The van der Waals surface area contributed by atoms with Crippen molar-refractivity contribution in [1.29, 1.82) is 5.26 Å². The van der Waals surface area contributed by atoms with E-state index in [9.17, 15) is 5.26 Å². The van der Waals surface area contributed by atoms with Gasteiger partial charge in [0.1, 0.15) is 23.3 Å². The second kappa shape index (κ2) is 6.30. The van der Waals surface area contributed by atoms with Gasteiger partial charge >= 0.3 is 0 Å². The van der Waals surface area contributed by atoms with Crippen molar-refractivity contribution >= 4 is 28.9 Å². The summed E-state index contributed by atoms with van der Waals surface area (Å²) >= 11 is 6.39.